The van der Waals surface area contributed by atoms with Gasteiger partial charge < -0.3 is 24.8 Å². The maximum Gasteiger partial charge on any atom is 0.255 e. The van der Waals surface area contributed by atoms with Crippen molar-refractivity contribution in [1.82, 2.24) is 19.7 Å². The third kappa shape index (κ3) is 4.44. The second-order valence-corrected chi connectivity index (χ2v) is 8.28. The summed E-state index contributed by atoms with van der Waals surface area (Å²) >= 11 is 0. The minimum atomic E-state index is -0.568. The van der Waals surface area contributed by atoms with Crippen molar-refractivity contribution in [2.45, 2.75) is 13.0 Å². The highest BCUT2D eigenvalue weighted by Gasteiger charge is 2.35. The van der Waals surface area contributed by atoms with Crippen molar-refractivity contribution in [2.24, 2.45) is 0 Å². The highest BCUT2D eigenvalue weighted by molar-refractivity contribution is 6.06. The highest BCUT2D eigenvalue weighted by atomic mass is 16.5. The number of amides is 1. The summed E-state index contributed by atoms with van der Waals surface area (Å²) in [7, 11) is 4.72. The third-order valence-electron chi connectivity index (χ3n) is 6.09. The van der Waals surface area contributed by atoms with Gasteiger partial charge in [-0.15, -0.1) is 5.10 Å². The van der Waals surface area contributed by atoms with Gasteiger partial charge >= 0.3 is 0 Å². The van der Waals surface area contributed by atoms with Gasteiger partial charge in [0, 0.05) is 23.7 Å². The van der Waals surface area contributed by atoms with Crippen LogP contribution in [0.5, 0.6) is 17.2 Å². The van der Waals surface area contributed by atoms with E-state index >= 15 is 0 Å². The monoisotopic (exact) mass is 498 g/mol. The molecule has 0 fully saturated rings. The molecule has 2 N–H and O–H groups in total. The molecule has 4 aromatic rings. The Labute approximate surface area is 213 Å². The maximum atomic E-state index is 13.7. The SMILES string of the molecule is COc1ccccc1NC(=O)C1=C(C)Nc2nc(-c3ccc(OC)c(OC)c3)nn2C1c1cccnc1. The van der Waals surface area contributed by atoms with E-state index < -0.39 is 6.04 Å². The topological polar surface area (TPSA) is 112 Å². The number of anilines is 2. The molecule has 10 heteroatoms. The van der Waals surface area contributed by atoms with Crippen LogP contribution in [-0.2, 0) is 4.79 Å². The summed E-state index contributed by atoms with van der Waals surface area (Å²) in [6.45, 7) is 1.84. The molecule has 0 spiro atoms. The first-order chi connectivity index (χ1) is 18.0. The fourth-order valence-corrected chi connectivity index (χ4v) is 4.33. The Hall–Kier alpha value is -4.86. The van der Waals surface area contributed by atoms with Crippen molar-refractivity contribution in [3.63, 3.8) is 0 Å². The molecule has 37 heavy (non-hydrogen) atoms. The van der Waals surface area contributed by atoms with Crippen LogP contribution in [0.1, 0.15) is 18.5 Å². The number of aromatic nitrogens is 4. The van der Waals surface area contributed by atoms with Gasteiger partial charge in [-0.1, -0.05) is 18.2 Å². The van der Waals surface area contributed by atoms with E-state index in [9.17, 15) is 4.79 Å². The minimum absolute atomic E-state index is 0.294. The largest absolute Gasteiger partial charge is 0.495 e. The Morgan fingerprint density at radius 1 is 0.973 bits per heavy atom. The van der Waals surface area contributed by atoms with Gasteiger partial charge in [-0.2, -0.15) is 4.98 Å². The van der Waals surface area contributed by atoms with E-state index in [-0.39, 0.29) is 5.91 Å². The molecule has 5 rings (SSSR count). The number of rotatable bonds is 7. The number of ether oxygens (including phenoxy) is 3. The van der Waals surface area contributed by atoms with E-state index in [0.717, 1.165) is 11.1 Å². The van der Waals surface area contributed by atoms with Gasteiger partial charge in [0.15, 0.2) is 17.3 Å². The quantitative estimate of drug-likeness (QED) is 0.388. The summed E-state index contributed by atoms with van der Waals surface area (Å²) in [5.74, 6) is 2.41. The molecule has 0 radical (unpaired) electrons. The maximum absolute atomic E-state index is 13.7. The summed E-state index contributed by atoms with van der Waals surface area (Å²) < 4.78 is 17.9. The van der Waals surface area contributed by atoms with Gasteiger partial charge in [0.05, 0.1) is 32.6 Å². The van der Waals surface area contributed by atoms with Crippen molar-refractivity contribution in [3.05, 3.63) is 83.8 Å². The molecule has 1 aliphatic heterocycles. The van der Waals surface area contributed by atoms with Gasteiger partial charge in [-0.05, 0) is 48.9 Å². The summed E-state index contributed by atoms with van der Waals surface area (Å²) in [5, 5.41) is 11.0. The second-order valence-electron chi connectivity index (χ2n) is 8.28. The van der Waals surface area contributed by atoms with Gasteiger partial charge in [0.25, 0.3) is 5.91 Å². The molecule has 1 amide bonds. The third-order valence-corrected chi connectivity index (χ3v) is 6.09. The lowest BCUT2D eigenvalue weighted by molar-refractivity contribution is -0.113. The number of allylic oxidation sites excluding steroid dienone is 1. The van der Waals surface area contributed by atoms with E-state index in [2.05, 4.69) is 15.6 Å². The van der Waals surface area contributed by atoms with E-state index in [4.69, 9.17) is 24.3 Å². The van der Waals surface area contributed by atoms with Crippen LogP contribution in [-0.4, -0.2) is 47.0 Å². The summed E-state index contributed by atoms with van der Waals surface area (Å²) in [4.78, 5) is 22.7. The first-order valence-corrected chi connectivity index (χ1v) is 11.5. The Morgan fingerprint density at radius 3 is 2.49 bits per heavy atom. The summed E-state index contributed by atoms with van der Waals surface area (Å²) in [6.07, 6.45) is 3.41. The lowest BCUT2D eigenvalue weighted by Crippen LogP contribution is -2.31. The van der Waals surface area contributed by atoms with Crippen LogP contribution in [0.4, 0.5) is 11.6 Å². The number of carbonyl (C=O) groups is 1. The van der Waals surface area contributed by atoms with Gasteiger partial charge in [-0.25, -0.2) is 4.68 Å². The molecule has 188 valence electrons. The van der Waals surface area contributed by atoms with Crippen LogP contribution in [0.2, 0.25) is 0 Å². The van der Waals surface area contributed by atoms with Crippen LogP contribution in [0, 0.1) is 0 Å². The van der Waals surface area contributed by atoms with Crippen molar-refractivity contribution in [3.8, 4) is 28.6 Å². The van der Waals surface area contributed by atoms with E-state index in [1.807, 2.05) is 43.3 Å². The number of hydrogen-bond donors (Lipinski definition) is 2. The molecular formula is C27H26N6O4. The Bertz CT molecular complexity index is 1480. The Kier molecular flexibility index (Phi) is 6.46. The molecular weight excluding hydrogens is 472 g/mol. The van der Waals surface area contributed by atoms with E-state index in [1.165, 1.54) is 0 Å². The predicted octanol–water partition coefficient (Wildman–Crippen LogP) is 4.29. The number of nitrogens with zero attached hydrogens (tertiary/aromatic N) is 4. The number of nitrogens with one attached hydrogen (secondary N) is 2. The van der Waals surface area contributed by atoms with Gasteiger partial charge in [-0.3, -0.25) is 9.78 Å². The molecule has 0 saturated heterocycles. The molecule has 1 atom stereocenters. The smallest absolute Gasteiger partial charge is 0.255 e. The van der Waals surface area contributed by atoms with Crippen molar-refractivity contribution in [1.29, 1.82) is 0 Å². The standard InChI is InChI=1S/C27H26N6O4/c1-16-23(26(34)30-19-9-5-6-10-20(19)35-2)24(18-8-7-13-28-15-18)33-27(29-16)31-25(32-33)17-11-12-21(36-3)22(14-17)37-4/h5-15,24H,1-4H3,(H,30,34)(H,29,31,32). The molecule has 0 saturated carbocycles. The van der Waals surface area contributed by atoms with Gasteiger partial charge in [0.2, 0.25) is 5.95 Å². The number of benzene rings is 2. The molecule has 2 aromatic heterocycles. The van der Waals surface area contributed by atoms with Crippen LogP contribution in [0.25, 0.3) is 11.4 Å². The first kappa shape index (κ1) is 23.9. The first-order valence-electron chi connectivity index (χ1n) is 11.5. The fraction of sp³-hybridized carbons (Fsp3) is 0.185. The van der Waals surface area contributed by atoms with Crippen LogP contribution >= 0.6 is 0 Å². The summed E-state index contributed by atoms with van der Waals surface area (Å²) in [6, 6.07) is 15.9. The Morgan fingerprint density at radius 2 is 1.76 bits per heavy atom. The zero-order valence-electron chi connectivity index (χ0n) is 20.9. The van der Waals surface area contributed by atoms with Crippen molar-refractivity contribution >= 4 is 17.5 Å². The number of pyridine rings is 1. The van der Waals surface area contributed by atoms with Crippen LogP contribution in [0.3, 0.4) is 0 Å². The molecule has 0 bridgehead atoms. The van der Waals surface area contributed by atoms with Crippen molar-refractivity contribution in [2.75, 3.05) is 32.0 Å². The minimum Gasteiger partial charge on any atom is -0.495 e. The van der Waals surface area contributed by atoms with E-state index in [1.54, 1.807) is 56.6 Å². The van der Waals surface area contributed by atoms with Crippen LogP contribution < -0.4 is 24.8 Å². The number of para-hydroxylation sites is 2. The van der Waals surface area contributed by atoms with E-state index in [0.29, 0.717) is 46.0 Å². The summed E-state index contributed by atoms with van der Waals surface area (Å²) in [5.41, 5.74) is 3.23. The zero-order valence-corrected chi connectivity index (χ0v) is 20.9. The highest BCUT2D eigenvalue weighted by Crippen LogP contribution is 2.38. The number of methoxy groups -OCH3 is 3. The molecule has 2 aromatic carbocycles. The molecule has 3 heterocycles. The fourth-order valence-electron chi connectivity index (χ4n) is 4.33. The number of carbonyl (C=O) groups excluding carboxylic acids is 1. The lowest BCUT2D eigenvalue weighted by atomic mass is 9.96. The molecule has 0 aliphatic carbocycles. The average molecular weight is 499 g/mol. The predicted molar refractivity (Wildman–Crippen MR) is 139 cm³/mol. The second kappa shape index (κ2) is 10.0. The number of fused-ring (bicyclic) bond motifs is 1. The molecule has 10 nitrogen and oxygen atoms in total. The Balaban J connectivity index is 1.58. The van der Waals surface area contributed by atoms with Gasteiger partial charge in [0.1, 0.15) is 11.8 Å². The lowest BCUT2D eigenvalue weighted by Gasteiger charge is -2.28. The molecule has 1 aliphatic rings. The normalized spacial score (nSPS) is 14.4. The number of hydrogen-bond acceptors (Lipinski definition) is 8. The zero-order chi connectivity index (χ0) is 25.9. The molecule has 1 unspecified atom stereocenters. The average Bonchev–Trinajstić information content (AvgIpc) is 3.36. The van der Waals surface area contributed by atoms with Crippen LogP contribution in [0.15, 0.2) is 78.3 Å². The van der Waals surface area contributed by atoms with Crippen molar-refractivity contribution < 1.29 is 19.0 Å².